The highest BCUT2D eigenvalue weighted by atomic mass is 19.1. The van der Waals surface area contributed by atoms with Gasteiger partial charge in [-0.2, -0.15) is 0 Å². The molecular weight excluding hydrogens is 437 g/mol. The van der Waals surface area contributed by atoms with Crippen molar-refractivity contribution < 1.29 is 23.8 Å². The fourth-order valence-electron chi connectivity index (χ4n) is 3.99. The highest BCUT2D eigenvalue weighted by Gasteiger charge is 2.45. The number of ketones is 1. The summed E-state index contributed by atoms with van der Waals surface area (Å²) in [4.78, 5) is 31.6. The minimum atomic E-state index is -0.819. The van der Waals surface area contributed by atoms with Crippen molar-refractivity contribution in [2.24, 2.45) is 0 Å². The summed E-state index contributed by atoms with van der Waals surface area (Å²) in [6.07, 6.45) is 7.36. The molecule has 1 aromatic heterocycles. The van der Waals surface area contributed by atoms with Crippen LogP contribution in [-0.4, -0.2) is 44.4 Å². The van der Waals surface area contributed by atoms with Crippen LogP contribution in [0.1, 0.15) is 23.6 Å². The Morgan fingerprint density at radius 2 is 1.97 bits per heavy atom. The van der Waals surface area contributed by atoms with E-state index >= 15 is 0 Å². The molecular formula is C26H24FN3O4. The van der Waals surface area contributed by atoms with Gasteiger partial charge in [-0.3, -0.25) is 9.59 Å². The third kappa shape index (κ3) is 4.76. The molecule has 1 amide bonds. The second-order valence-corrected chi connectivity index (χ2v) is 7.83. The molecule has 1 atom stereocenters. The number of amides is 1. The van der Waals surface area contributed by atoms with Gasteiger partial charge in [0.15, 0.2) is 0 Å². The van der Waals surface area contributed by atoms with Crippen LogP contribution in [0.15, 0.2) is 85.5 Å². The second kappa shape index (κ2) is 10.2. The lowest BCUT2D eigenvalue weighted by molar-refractivity contribution is -0.139. The Kier molecular flexibility index (Phi) is 6.87. The SMILES string of the molecule is C=CCOc1cccc(C2/C(=C(\O)c3ccc(F)cc3)C(=O)C(=O)N2CCCn2ccnc2)c1. The first-order valence-corrected chi connectivity index (χ1v) is 10.8. The van der Waals surface area contributed by atoms with E-state index in [1.54, 1.807) is 42.9 Å². The molecule has 2 heterocycles. The molecule has 0 spiro atoms. The number of Topliss-reactive ketones (excluding diaryl/α,β-unsaturated/α-hetero) is 1. The minimum Gasteiger partial charge on any atom is -0.507 e. The summed E-state index contributed by atoms with van der Waals surface area (Å²) in [5.74, 6) is -1.76. The number of carbonyl (C=O) groups is 2. The summed E-state index contributed by atoms with van der Waals surface area (Å²) in [5, 5.41) is 11.0. The summed E-state index contributed by atoms with van der Waals surface area (Å²) in [7, 11) is 0. The zero-order valence-electron chi connectivity index (χ0n) is 18.4. The Bertz CT molecular complexity index is 1220. The van der Waals surface area contributed by atoms with Gasteiger partial charge in [0.05, 0.1) is 17.9 Å². The number of benzene rings is 2. The lowest BCUT2D eigenvalue weighted by Gasteiger charge is -2.25. The average molecular weight is 461 g/mol. The van der Waals surface area contributed by atoms with E-state index in [0.717, 1.165) is 0 Å². The van der Waals surface area contributed by atoms with Gasteiger partial charge in [0.1, 0.15) is 23.9 Å². The monoisotopic (exact) mass is 461 g/mol. The number of aliphatic hydroxyl groups is 1. The van der Waals surface area contributed by atoms with E-state index in [-0.39, 0.29) is 23.4 Å². The van der Waals surface area contributed by atoms with Crippen molar-refractivity contribution in [2.75, 3.05) is 13.2 Å². The number of aliphatic hydroxyl groups excluding tert-OH is 1. The molecule has 1 unspecified atom stereocenters. The molecule has 174 valence electrons. The third-order valence-corrected chi connectivity index (χ3v) is 5.57. The van der Waals surface area contributed by atoms with Gasteiger partial charge in [0.2, 0.25) is 0 Å². The second-order valence-electron chi connectivity index (χ2n) is 7.83. The van der Waals surface area contributed by atoms with Gasteiger partial charge in [-0.05, 0) is 48.4 Å². The first-order valence-electron chi connectivity index (χ1n) is 10.8. The summed E-state index contributed by atoms with van der Waals surface area (Å²) >= 11 is 0. The lowest BCUT2D eigenvalue weighted by Crippen LogP contribution is -2.31. The van der Waals surface area contributed by atoms with E-state index in [4.69, 9.17) is 4.74 Å². The molecule has 4 rings (SSSR count). The molecule has 0 bridgehead atoms. The van der Waals surface area contributed by atoms with E-state index in [1.165, 1.54) is 29.2 Å². The predicted octanol–water partition coefficient (Wildman–Crippen LogP) is 4.10. The van der Waals surface area contributed by atoms with Crippen LogP contribution in [0.3, 0.4) is 0 Å². The maximum atomic E-state index is 13.4. The van der Waals surface area contributed by atoms with Gasteiger partial charge >= 0.3 is 0 Å². The number of hydrogen-bond donors (Lipinski definition) is 1. The largest absolute Gasteiger partial charge is 0.507 e. The van der Waals surface area contributed by atoms with Crippen molar-refractivity contribution in [1.82, 2.24) is 14.5 Å². The normalized spacial score (nSPS) is 17.2. The predicted molar refractivity (Wildman–Crippen MR) is 124 cm³/mol. The van der Waals surface area contributed by atoms with Crippen LogP contribution < -0.4 is 4.74 Å². The van der Waals surface area contributed by atoms with Gasteiger partial charge in [-0.15, -0.1) is 0 Å². The number of halogens is 1. The summed E-state index contributed by atoms with van der Waals surface area (Å²) in [6, 6.07) is 11.3. The van der Waals surface area contributed by atoms with Crippen LogP contribution in [0.5, 0.6) is 5.75 Å². The molecule has 1 N–H and O–H groups in total. The fraction of sp³-hybridized carbons (Fsp3) is 0.192. The van der Waals surface area contributed by atoms with Gasteiger partial charge in [-0.25, -0.2) is 9.37 Å². The van der Waals surface area contributed by atoms with Crippen LogP contribution in [-0.2, 0) is 16.1 Å². The molecule has 1 fully saturated rings. The fourth-order valence-corrected chi connectivity index (χ4v) is 3.99. The van der Waals surface area contributed by atoms with Crippen LogP contribution in [0.4, 0.5) is 4.39 Å². The van der Waals surface area contributed by atoms with Crippen molar-refractivity contribution in [2.45, 2.75) is 19.0 Å². The molecule has 8 heteroatoms. The maximum absolute atomic E-state index is 13.4. The van der Waals surface area contributed by atoms with E-state index in [2.05, 4.69) is 11.6 Å². The van der Waals surface area contributed by atoms with E-state index in [0.29, 0.717) is 30.9 Å². The molecule has 1 saturated heterocycles. The van der Waals surface area contributed by atoms with E-state index in [9.17, 15) is 19.1 Å². The van der Waals surface area contributed by atoms with Crippen molar-refractivity contribution in [3.8, 4) is 5.75 Å². The number of aryl methyl sites for hydroxylation is 1. The Morgan fingerprint density at radius 1 is 1.18 bits per heavy atom. The van der Waals surface area contributed by atoms with Crippen LogP contribution in [0.2, 0.25) is 0 Å². The maximum Gasteiger partial charge on any atom is 0.295 e. The number of nitrogens with zero attached hydrogens (tertiary/aromatic N) is 3. The number of ether oxygens (including phenoxy) is 1. The van der Waals surface area contributed by atoms with E-state index in [1.807, 2.05) is 10.8 Å². The van der Waals surface area contributed by atoms with Crippen LogP contribution >= 0.6 is 0 Å². The smallest absolute Gasteiger partial charge is 0.295 e. The lowest BCUT2D eigenvalue weighted by atomic mass is 9.95. The first kappa shape index (κ1) is 23.0. The van der Waals surface area contributed by atoms with Crippen LogP contribution in [0.25, 0.3) is 5.76 Å². The Labute approximate surface area is 196 Å². The standard InChI is InChI=1S/C26H24FN3O4/c1-2-15-34-21-6-3-5-19(16-21)23-22(24(31)18-7-9-20(27)10-8-18)25(32)26(33)30(23)13-4-12-29-14-11-28-17-29/h2-3,5-11,14,16-17,23,31H,1,4,12-13,15H2/b24-22+. The number of rotatable bonds is 9. The molecule has 2 aromatic carbocycles. The number of carbonyl (C=O) groups excluding carboxylic acids is 2. The minimum absolute atomic E-state index is 0.0416. The van der Waals surface area contributed by atoms with Crippen LogP contribution in [0, 0.1) is 5.82 Å². The highest BCUT2D eigenvalue weighted by Crippen LogP contribution is 2.40. The Hall–Kier alpha value is -4.20. The quantitative estimate of drug-likeness (QED) is 0.225. The highest BCUT2D eigenvalue weighted by molar-refractivity contribution is 6.46. The average Bonchev–Trinajstić information content (AvgIpc) is 3.45. The first-order chi connectivity index (χ1) is 16.5. The molecule has 0 aliphatic carbocycles. The molecule has 34 heavy (non-hydrogen) atoms. The number of hydrogen-bond acceptors (Lipinski definition) is 5. The van der Waals surface area contributed by atoms with Crippen molar-refractivity contribution in [1.29, 1.82) is 0 Å². The molecule has 7 nitrogen and oxygen atoms in total. The summed E-state index contributed by atoms with van der Waals surface area (Å²) in [5.41, 5.74) is 0.828. The molecule has 0 radical (unpaired) electrons. The Balaban J connectivity index is 1.73. The number of aromatic nitrogens is 2. The van der Waals surface area contributed by atoms with Crippen molar-refractivity contribution >= 4 is 17.4 Å². The third-order valence-electron chi connectivity index (χ3n) is 5.57. The molecule has 1 aliphatic heterocycles. The summed E-state index contributed by atoms with van der Waals surface area (Å²) < 4.78 is 20.9. The Morgan fingerprint density at radius 3 is 2.68 bits per heavy atom. The van der Waals surface area contributed by atoms with Crippen molar-refractivity contribution in [3.63, 3.8) is 0 Å². The van der Waals surface area contributed by atoms with Gasteiger partial charge in [0.25, 0.3) is 11.7 Å². The molecule has 3 aromatic rings. The van der Waals surface area contributed by atoms with Crippen molar-refractivity contribution in [3.05, 3.63) is 102 Å². The molecule has 1 aliphatic rings. The van der Waals surface area contributed by atoms with Gasteiger partial charge < -0.3 is 19.3 Å². The number of imidazole rings is 1. The number of likely N-dealkylation sites (tertiary alicyclic amines) is 1. The molecule has 0 saturated carbocycles. The van der Waals surface area contributed by atoms with E-state index < -0.39 is 23.5 Å². The zero-order chi connectivity index (χ0) is 24.1. The van der Waals surface area contributed by atoms with Gasteiger partial charge in [-0.1, -0.05) is 24.8 Å². The van der Waals surface area contributed by atoms with Gasteiger partial charge in [0, 0.05) is 31.0 Å². The summed E-state index contributed by atoms with van der Waals surface area (Å²) in [6.45, 7) is 4.83. The zero-order valence-corrected chi connectivity index (χ0v) is 18.4. The topological polar surface area (TPSA) is 84.7 Å².